The van der Waals surface area contributed by atoms with Crippen LogP contribution in [0.25, 0.3) is 0 Å². The Bertz CT molecular complexity index is 391. The monoisotopic (exact) mass is 411 g/mol. The zero-order valence-electron chi connectivity index (χ0n) is 11.2. The molecular weight excluding hydrogens is 394 g/mol. The smallest absolute Gasteiger partial charge is 0.344 e. The molecule has 0 aromatic carbocycles. The van der Waals surface area contributed by atoms with Gasteiger partial charge in [-0.2, -0.15) is 8.78 Å². The number of allylic oxidation sites excluding steroid dienone is 1. The molecule has 0 N–H and O–H groups in total. The summed E-state index contributed by atoms with van der Waals surface area (Å²) in [5.41, 5.74) is -3.86. The molecule has 0 aromatic rings. The fraction of sp³-hybridized carbons (Fsp3) is 0.700. The van der Waals surface area contributed by atoms with Crippen LogP contribution in [0, 0.1) is 0 Å². The van der Waals surface area contributed by atoms with Gasteiger partial charge in [0.2, 0.25) is 0 Å². The quantitative estimate of drug-likeness (QED) is 0.367. The van der Waals surface area contributed by atoms with E-state index in [4.69, 9.17) is 0 Å². The highest BCUT2D eigenvalue weighted by molar-refractivity contribution is 14.1. The van der Waals surface area contributed by atoms with Gasteiger partial charge in [-0.1, -0.05) is 0 Å². The molecule has 9 heteroatoms. The van der Waals surface area contributed by atoms with Gasteiger partial charge in [-0.3, -0.25) is 9.36 Å². The zero-order chi connectivity index (χ0) is 15.3. The summed E-state index contributed by atoms with van der Waals surface area (Å²) in [6, 6.07) is 0. The Morgan fingerprint density at radius 1 is 1.32 bits per heavy atom. The number of hydrogen-bond acceptors (Lipinski definition) is 4. The normalized spacial score (nSPS) is 13.5. The van der Waals surface area contributed by atoms with E-state index in [1.807, 2.05) is 0 Å². The van der Waals surface area contributed by atoms with Crippen LogP contribution in [0.1, 0.15) is 13.8 Å². The van der Waals surface area contributed by atoms with Gasteiger partial charge in [0.1, 0.15) is 0 Å². The zero-order valence-corrected chi connectivity index (χ0v) is 14.2. The minimum Gasteiger partial charge on any atom is -0.344 e. The highest BCUT2D eigenvalue weighted by Crippen LogP contribution is 2.62. The number of rotatable bonds is 7. The molecule has 0 bridgehead atoms. The summed E-state index contributed by atoms with van der Waals surface area (Å²) in [6.07, 6.45) is 0.321. The number of nitrogens with zero attached hydrogens (tertiary/aromatic N) is 1. The van der Waals surface area contributed by atoms with E-state index in [0.29, 0.717) is 6.08 Å². The minimum atomic E-state index is -4.63. The van der Waals surface area contributed by atoms with Crippen LogP contribution in [-0.4, -0.2) is 43.8 Å². The molecule has 19 heavy (non-hydrogen) atoms. The number of alkyl halides is 2. The third-order valence-corrected chi connectivity index (χ3v) is 4.70. The Morgan fingerprint density at radius 2 is 1.74 bits per heavy atom. The lowest BCUT2D eigenvalue weighted by molar-refractivity contribution is -0.123. The third-order valence-electron chi connectivity index (χ3n) is 1.87. The van der Waals surface area contributed by atoms with Crippen LogP contribution in [0.5, 0.6) is 0 Å². The van der Waals surface area contributed by atoms with Crippen LogP contribution < -0.4 is 0 Å². The van der Waals surface area contributed by atoms with Crippen LogP contribution in [0.2, 0.25) is 0 Å². The molecule has 0 saturated heterocycles. The topological polar surface area (TPSA) is 55.8 Å². The van der Waals surface area contributed by atoms with Crippen LogP contribution in [0.15, 0.2) is 9.66 Å². The predicted octanol–water partition coefficient (Wildman–Crippen LogP) is 3.25. The molecule has 0 radical (unpaired) electrons. The molecule has 5 nitrogen and oxygen atoms in total. The lowest BCUT2D eigenvalue weighted by atomic mass is 10.4. The number of halogens is 3. The first-order chi connectivity index (χ1) is 8.61. The molecule has 0 saturated carbocycles. The number of hydrogen-bond donors (Lipinski definition) is 0. The molecule has 1 amide bonds. The second-order valence-electron chi connectivity index (χ2n) is 3.61. The van der Waals surface area contributed by atoms with Crippen molar-refractivity contribution >= 4 is 36.1 Å². The molecule has 0 spiro atoms. The Kier molecular flexibility index (Phi) is 7.64. The third kappa shape index (κ3) is 5.09. The highest BCUT2D eigenvalue weighted by atomic mass is 127. The molecule has 0 unspecified atom stereocenters. The summed E-state index contributed by atoms with van der Waals surface area (Å²) in [6.45, 7) is 2.50. The van der Waals surface area contributed by atoms with E-state index in [2.05, 4.69) is 9.05 Å². The maximum atomic E-state index is 14.0. The van der Waals surface area contributed by atoms with Crippen molar-refractivity contribution in [3.63, 3.8) is 0 Å². The molecule has 0 fully saturated rings. The van der Waals surface area contributed by atoms with E-state index in [1.54, 1.807) is 0 Å². The predicted molar refractivity (Wildman–Crippen MR) is 76.6 cm³/mol. The Morgan fingerprint density at radius 3 is 2.05 bits per heavy atom. The average Bonchev–Trinajstić information content (AvgIpc) is 2.27. The molecule has 0 aliphatic heterocycles. The van der Waals surface area contributed by atoms with Crippen molar-refractivity contribution in [2.24, 2.45) is 0 Å². The molecule has 0 heterocycles. The van der Waals surface area contributed by atoms with Crippen molar-refractivity contribution in [3.05, 3.63) is 9.66 Å². The molecule has 0 rings (SSSR count). The molecule has 0 aliphatic rings. The first-order valence-electron chi connectivity index (χ1n) is 5.48. The SMILES string of the molecule is CCOP(=O)(OCC)C(F)(F)/C=C(/I)C(=O)N(C)C. The van der Waals surface area contributed by atoms with Crippen LogP contribution in [0.3, 0.4) is 0 Å². The van der Waals surface area contributed by atoms with E-state index in [1.165, 1.54) is 50.5 Å². The first-order valence-corrected chi connectivity index (χ1v) is 8.10. The van der Waals surface area contributed by atoms with E-state index >= 15 is 0 Å². The van der Waals surface area contributed by atoms with Gasteiger partial charge in [0, 0.05) is 20.2 Å². The molecule has 0 aliphatic carbocycles. The summed E-state index contributed by atoms with van der Waals surface area (Å²) in [7, 11) is -1.77. The lowest BCUT2D eigenvalue weighted by Gasteiger charge is -2.23. The minimum absolute atomic E-state index is 0.182. The van der Waals surface area contributed by atoms with Crippen molar-refractivity contribution < 1.29 is 27.2 Å². The summed E-state index contributed by atoms with van der Waals surface area (Å²) in [5.74, 6) is -0.611. The highest BCUT2D eigenvalue weighted by Gasteiger charge is 2.52. The largest absolute Gasteiger partial charge is 0.403 e. The van der Waals surface area contributed by atoms with Gasteiger partial charge in [-0.25, -0.2) is 0 Å². The van der Waals surface area contributed by atoms with Crippen LogP contribution >= 0.6 is 30.2 Å². The van der Waals surface area contributed by atoms with E-state index in [0.717, 1.165) is 4.90 Å². The maximum absolute atomic E-state index is 14.0. The fourth-order valence-corrected chi connectivity index (χ4v) is 3.56. The van der Waals surface area contributed by atoms with Gasteiger partial charge in [-0.05, 0) is 36.4 Å². The van der Waals surface area contributed by atoms with Crippen molar-refractivity contribution in [1.29, 1.82) is 0 Å². The lowest BCUT2D eigenvalue weighted by Crippen LogP contribution is -2.24. The van der Waals surface area contributed by atoms with Gasteiger partial charge in [0.15, 0.2) is 0 Å². The summed E-state index contributed by atoms with van der Waals surface area (Å²) in [5, 5.41) is 0. The van der Waals surface area contributed by atoms with Gasteiger partial charge in [-0.15, -0.1) is 0 Å². The van der Waals surface area contributed by atoms with Gasteiger partial charge in [0.25, 0.3) is 5.91 Å². The number of carbonyl (C=O) groups is 1. The Balaban J connectivity index is 5.38. The molecule has 112 valence electrons. The molecule has 0 atom stereocenters. The van der Waals surface area contributed by atoms with E-state index < -0.39 is 19.2 Å². The van der Waals surface area contributed by atoms with E-state index in [9.17, 15) is 18.1 Å². The van der Waals surface area contributed by atoms with Gasteiger partial charge < -0.3 is 13.9 Å². The fourth-order valence-electron chi connectivity index (χ4n) is 1.06. The standard InChI is InChI=1S/C10H17F2INO4P/c1-5-17-19(16,18-6-2)10(11,12)7-8(13)9(15)14(3)4/h7H,5-6H2,1-4H3/b8-7+. The van der Waals surface area contributed by atoms with Crippen molar-refractivity contribution in [2.75, 3.05) is 27.3 Å². The van der Waals surface area contributed by atoms with Crippen LogP contribution in [-0.2, 0) is 18.4 Å². The number of likely N-dealkylation sites (N-methyl/N-ethyl adjacent to an activating group) is 1. The Labute approximate surface area is 125 Å². The summed E-state index contributed by atoms with van der Waals surface area (Å²) in [4.78, 5) is 12.6. The first kappa shape index (κ1) is 18.9. The molecule has 0 aromatic heterocycles. The second kappa shape index (κ2) is 7.66. The molecular formula is C10H17F2INO4P. The van der Waals surface area contributed by atoms with Gasteiger partial charge >= 0.3 is 13.3 Å². The maximum Gasteiger partial charge on any atom is 0.403 e. The average molecular weight is 411 g/mol. The summed E-state index contributed by atoms with van der Waals surface area (Å²) >= 11 is 1.46. The second-order valence-corrected chi connectivity index (χ2v) is 6.88. The van der Waals surface area contributed by atoms with Crippen molar-refractivity contribution in [2.45, 2.75) is 19.5 Å². The Hall–Kier alpha value is -0.0500. The number of carbonyl (C=O) groups excluding carboxylic acids is 1. The number of amides is 1. The van der Waals surface area contributed by atoms with E-state index in [-0.39, 0.29) is 16.8 Å². The van der Waals surface area contributed by atoms with Crippen molar-refractivity contribution in [1.82, 2.24) is 4.90 Å². The van der Waals surface area contributed by atoms with Crippen LogP contribution in [0.4, 0.5) is 8.78 Å². The summed E-state index contributed by atoms with van der Waals surface area (Å²) < 4.78 is 48.8. The van der Waals surface area contributed by atoms with Gasteiger partial charge in [0.05, 0.1) is 16.8 Å². The van der Waals surface area contributed by atoms with Crippen molar-refractivity contribution in [3.8, 4) is 0 Å².